The van der Waals surface area contributed by atoms with Crippen LogP contribution in [-0.2, 0) is 12.8 Å². The highest BCUT2D eigenvalue weighted by Crippen LogP contribution is 2.20. The smallest absolute Gasteiger partial charge is 0.222 e. The Morgan fingerprint density at radius 1 is 1.33 bits per heavy atom. The van der Waals surface area contributed by atoms with Crippen molar-refractivity contribution in [1.29, 1.82) is 0 Å². The maximum atomic E-state index is 5.84. The molecule has 6 nitrogen and oxygen atoms in total. The SMILES string of the molecule is CCN(C)C(C)CCNc1nc(N)nc2c1CCNCC2. The summed E-state index contributed by atoms with van der Waals surface area (Å²) in [5.41, 5.74) is 8.16. The number of nitrogen functional groups attached to an aromatic ring is 1. The Labute approximate surface area is 127 Å². The van der Waals surface area contributed by atoms with Gasteiger partial charge in [-0.05, 0) is 39.9 Å². The predicted molar refractivity (Wildman–Crippen MR) is 87.6 cm³/mol. The molecule has 0 aromatic carbocycles. The lowest BCUT2D eigenvalue weighted by Crippen LogP contribution is -2.30. The van der Waals surface area contributed by atoms with Gasteiger partial charge in [0.15, 0.2) is 0 Å². The van der Waals surface area contributed by atoms with Crippen LogP contribution in [0.4, 0.5) is 11.8 Å². The fraction of sp³-hybridized carbons (Fsp3) is 0.733. The number of fused-ring (bicyclic) bond motifs is 1. The second-order valence-electron chi connectivity index (χ2n) is 5.74. The lowest BCUT2D eigenvalue weighted by atomic mass is 10.1. The van der Waals surface area contributed by atoms with Gasteiger partial charge >= 0.3 is 0 Å². The van der Waals surface area contributed by atoms with Gasteiger partial charge in [0.05, 0.1) is 5.69 Å². The molecule has 1 aliphatic rings. The number of anilines is 2. The molecule has 1 aliphatic heterocycles. The van der Waals surface area contributed by atoms with Crippen LogP contribution in [0.1, 0.15) is 31.5 Å². The molecule has 118 valence electrons. The first kappa shape index (κ1) is 16.0. The molecule has 2 rings (SSSR count). The summed E-state index contributed by atoms with van der Waals surface area (Å²) >= 11 is 0. The molecule has 0 spiro atoms. The largest absolute Gasteiger partial charge is 0.370 e. The third kappa shape index (κ3) is 4.28. The highest BCUT2D eigenvalue weighted by Gasteiger charge is 2.16. The normalized spacial score (nSPS) is 16.4. The first-order valence-electron chi connectivity index (χ1n) is 7.92. The lowest BCUT2D eigenvalue weighted by Gasteiger charge is -2.23. The van der Waals surface area contributed by atoms with Crippen molar-refractivity contribution in [2.45, 2.75) is 39.2 Å². The van der Waals surface area contributed by atoms with Crippen LogP contribution in [-0.4, -0.2) is 54.1 Å². The zero-order valence-electron chi connectivity index (χ0n) is 13.4. The van der Waals surface area contributed by atoms with Gasteiger partial charge in [-0.25, -0.2) is 4.98 Å². The number of hydrogen-bond acceptors (Lipinski definition) is 6. The third-order valence-electron chi connectivity index (χ3n) is 4.31. The minimum Gasteiger partial charge on any atom is -0.370 e. The van der Waals surface area contributed by atoms with E-state index in [2.05, 4.69) is 46.4 Å². The Bertz CT molecular complexity index is 462. The summed E-state index contributed by atoms with van der Waals surface area (Å²) in [5.74, 6) is 1.30. The maximum Gasteiger partial charge on any atom is 0.222 e. The zero-order valence-corrected chi connectivity index (χ0v) is 13.4. The molecular weight excluding hydrogens is 264 g/mol. The Morgan fingerprint density at radius 2 is 2.10 bits per heavy atom. The molecule has 1 unspecified atom stereocenters. The quantitative estimate of drug-likeness (QED) is 0.723. The second-order valence-corrected chi connectivity index (χ2v) is 5.74. The van der Waals surface area contributed by atoms with E-state index in [0.29, 0.717) is 12.0 Å². The van der Waals surface area contributed by atoms with Crippen LogP contribution in [0.5, 0.6) is 0 Å². The summed E-state index contributed by atoms with van der Waals surface area (Å²) in [6.45, 7) is 8.35. The average Bonchev–Trinajstić information content (AvgIpc) is 2.71. The Morgan fingerprint density at radius 3 is 2.86 bits per heavy atom. The number of hydrogen-bond donors (Lipinski definition) is 3. The van der Waals surface area contributed by atoms with E-state index in [9.17, 15) is 0 Å². The molecule has 0 aliphatic carbocycles. The van der Waals surface area contributed by atoms with Gasteiger partial charge in [0.25, 0.3) is 0 Å². The molecule has 1 aromatic heterocycles. The van der Waals surface area contributed by atoms with E-state index in [4.69, 9.17) is 5.73 Å². The van der Waals surface area contributed by atoms with E-state index >= 15 is 0 Å². The standard InChI is InChI=1S/C15H28N6/c1-4-21(3)11(2)5-10-18-14-12-6-8-17-9-7-13(12)19-15(16)20-14/h11,17H,4-10H2,1-3H3,(H3,16,18,19,20). The number of aromatic nitrogens is 2. The number of nitrogens with one attached hydrogen (secondary N) is 2. The monoisotopic (exact) mass is 292 g/mol. The summed E-state index contributed by atoms with van der Waals surface area (Å²) in [4.78, 5) is 11.1. The van der Waals surface area contributed by atoms with Crippen molar-refractivity contribution in [2.75, 3.05) is 44.3 Å². The van der Waals surface area contributed by atoms with Crippen molar-refractivity contribution in [3.05, 3.63) is 11.3 Å². The van der Waals surface area contributed by atoms with Gasteiger partial charge in [-0.15, -0.1) is 0 Å². The first-order valence-corrected chi connectivity index (χ1v) is 7.92. The van der Waals surface area contributed by atoms with E-state index < -0.39 is 0 Å². The molecule has 0 bridgehead atoms. The third-order valence-corrected chi connectivity index (χ3v) is 4.31. The Hall–Kier alpha value is -1.40. The molecule has 1 aromatic rings. The van der Waals surface area contributed by atoms with Gasteiger partial charge < -0.3 is 21.3 Å². The van der Waals surface area contributed by atoms with Gasteiger partial charge in [0.2, 0.25) is 5.95 Å². The minimum absolute atomic E-state index is 0.372. The number of nitrogens with zero attached hydrogens (tertiary/aromatic N) is 3. The molecule has 6 heteroatoms. The molecule has 0 radical (unpaired) electrons. The molecule has 2 heterocycles. The van der Waals surface area contributed by atoms with Crippen molar-refractivity contribution < 1.29 is 0 Å². The average molecular weight is 292 g/mol. The topological polar surface area (TPSA) is 79.1 Å². The maximum absolute atomic E-state index is 5.84. The molecule has 1 atom stereocenters. The van der Waals surface area contributed by atoms with Gasteiger partial charge in [-0.1, -0.05) is 6.92 Å². The molecule has 4 N–H and O–H groups in total. The Balaban J connectivity index is 2.01. The van der Waals surface area contributed by atoms with Crippen molar-refractivity contribution >= 4 is 11.8 Å². The first-order chi connectivity index (χ1) is 10.1. The fourth-order valence-electron chi connectivity index (χ4n) is 2.64. The number of nitrogens with two attached hydrogens (primary N) is 1. The molecule has 21 heavy (non-hydrogen) atoms. The molecule has 0 fully saturated rings. The summed E-state index contributed by atoms with van der Waals surface area (Å²) in [7, 11) is 2.16. The van der Waals surface area contributed by atoms with E-state index in [1.165, 1.54) is 5.56 Å². The minimum atomic E-state index is 0.372. The van der Waals surface area contributed by atoms with E-state index in [-0.39, 0.29) is 0 Å². The van der Waals surface area contributed by atoms with Crippen LogP contribution in [0, 0.1) is 0 Å². The highest BCUT2D eigenvalue weighted by atomic mass is 15.1. The van der Waals surface area contributed by atoms with Crippen LogP contribution in [0.3, 0.4) is 0 Å². The van der Waals surface area contributed by atoms with Gasteiger partial charge in [0.1, 0.15) is 5.82 Å². The van der Waals surface area contributed by atoms with Crippen LogP contribution in [0.15, 0.2) is 0 Å². The van der Waals surface area contributed by atoms with E-state index in [0.717, 1.165) is 57.0 Å². The summed E-state index contributed by atoms with van der Waals surface area (Å²) < 4.78 is 0. The van der Waals surface area contributed by atoms with Crippen LogP contribution in [0.25, 0.3) is 0 Å². The van der Waals surface area contributed by atoms with Crippen LogP contribution >= 0.6 is 0 Å². The number of rotatable bonds is 6. The molecule has 0 saturated carbocycles. The molecular formula is C15H28N6. The lowest BCUT2D eigenvalue weighted by molar-refractivity contribution is 0.263. The Kier molecular flexibility index (Phi) is 5.76. The second kappa shape index (κ2) is 7.56. The van der Waals surface area contributed by atoms with Crippen molar-refractivity contribution in [1.82, 2.24) is 20.2 Å². The van der Waals surface area contributed by atoms with E-state index in [1.807, 2.05) is 0 Å². The summed E-state index contributed by atoms with van der Waals surface area (Å²) in [6, 6.07) is 0.557. The highest BCUT2D eigenvalue weighted by molar-refractivity contribution is 5.50. The predicted octanol–water partition coefficient (Wildman–Crippen LogP) is 0.889. The van der Waals surface area contributed by atoms with Gasteiger partial charge in [-0.3, -0.25) is 0 Å². The molecule has 0 amide bonds. The van der Waals surface area contributed by atoms with Crippen LogP contribution in [0.2, 0.25) is 0 Å². The van der Waals surface area contributed by atoms with Crippen molar-refractivity contribution in [3.63, 3.8) is 0 Å². The van der Waals surface area contributed by atoms with Gasteiger partial charge in [-0.2, -0.15) is 4.98 Å². The van der Waals surface area contributed by atoms with Crippen molar-refractivity contribution in [3.8, 4) is 0 Å². The van der Waals surface area contributed by atoms with Crippen LogP contribution < -0.4 is 16.4 Å². The van der Waals surface area contributed by atoms with Gasteiger partial charge in [0, 0.05) is 31.1 Å². The summed E-state index contributed by atoms with van der Waals surface area (Å²) in [6.07, 6.45) is 2.97. The van der Waals surface area contributed by atoms with E-state index in [1.54, 1.807) is 0 Å². The van der Waals surface area contributed by atoms with Crippen molar-refractivity contribution in [2.24, 2.45) is 0 Å². The zero-order chi connectivity index (χ0) is 15.2. The fourth-order valence-corrected chi connectivity index (χ4v) is 2.64. The summed E-state index contributed by atoms with van der Waals surface area (Å²) in [5, 5.41) is 6.86. The molecule has 0 saturated heterocycles.